The lowest BCUT2D eigenvalue weighted by Crippen LogP contribution is -3.12. The second kappa shape index (κ2) is 6.92. The zero-order chi connectivity index (χ0) is 13.7. The third-order valence-corrected chi connectivity index (χ3v) is 3.92. The summed E-state index contributed by atoms with van der Waals surface area (Å²) in [5.74, 6) is 0.0994. The maximum Gasteiger partial charge on any atom is 0.279 e. The maximum absolute atomic E-state index is 12.1. The summed E-state index contributed by atoms with van der Waals surface area (Å²) in [6.07, 6.45) is 5.09. The van der Waals surface area contributed by atoms with Gasteiger partial charge in [-0.3, -0.25) is 4.79 Å². The van der Waals surface area contributed by atoms with Gasteiger partial charge in [-0.2, -0.15) is 0 Å². The molecular formula is C15H22ClN2O+. The highest BCUT2D eigenvalue weighted by atomic mass is 35.5. The Labute approximate surface area is 119 Å². The second-order valence-electron chi connectivity index (χ2n) is 5.35. The summed E-state index contributed by atoms with van der Waals surface area (Å²) >= 11 is 5.91. The molecule has 0 saturated carbocycles. The van der Waals surface area contributed by atoms with Gasteiger partial charge in [0.15, 0.2) is 6.54 Å². The van der Waals surface area contributed by atoms with Gasteiger partial charge in [0.25, 0.3) is 5.91 Å². The summed E-state index contributed by atoms with van der Waals surface area (Å²) in [6.45, 7) is 4.77. The number of likely N-dealkylation sites (tertiary alicyclic amines) is 1. The third-order valence-electron chi connectivity index (χ3n) is 3.68. The van der Waals surface area contributed by atoms with Crippen molar-refractivity contribution >= 4 is 23.2 Å². The number of carbonyl (C=O) groups excluding carboxylic acids is 1. The van der Waals surface area contributed by atoms with Crippen LogP contribution < -0.4 is 10.2 Å². The molecule has 1 amide bonds. The highest BCUT2D eigenvalue weighted by Gasteiger charge is 2.16. The smallest absolute Gasteiger partial charge is 0.279 e. The lowest BCUT2D eigenvalue weighted by atomic mass is 10.2. The molecule has 3 nitrogen and oxygen atoms in total. The van der Waals surface area contributed by atoms with Crippen LogP contribution in [0.4, 0.5) is 5.69 Å². The van der Waals surface area contributed by atoms with Gasteiger partial charge >= 0.3 is 0 Å². The monoisotopic (exact) mass is 281 g/mol. The fourth-order valence-electron chi connectivity index (χ4n) is 2.59. The van der Waals surface area contributed by atoms with E-state index in [0.29, 0.717) is 11.6 Å². The van der Waals surface area contributed by atoms with Gasteiger partial charge in [-0.05, 0) is 56.4 Å². The van der Waals surface area contributed by atoms with Crippen molar-refractivity contribution in [1.29, 1.82) is 0 Å². The number of anilines is 1. The topological polar surface area (TPSA) is 33.5 Å². The van der Waals surface area contributed by atoms with Crippen molar-refractivity contribution in [3.63, 3.8) is 0 Å². The zero-order valence-electron chi connectivity index (χ0n) is 11.5. The third kappa shape index (κ3) is 4.51. The number of rotatable bonds is 3. The average Bonchev–Trinajstić information content (AvgIpc) is 2.61. The van der Waals surface area contributed by atoms with Crippen LogP contribution in [0.3, 0.4) is 0 Å². The summed E-state index contributed by atoms with van der Waals surface area (Å²) < 4.78 is 0. The zero-order valence-corrected chi connectivity index (χ0v) is 12.2. The van der Waals surface area contributed by atoms with Gasteiger partial charge in [0.05, 0.1) is 13.1 Å². The van der Waals surface area contributed by atoms with E-state index in [2.05, 4.69) is 5.32 Å². The normalized spacial score (nSPS) is 16.9. The van der Waals surface area contributed by atoms with E-state index in [1.165, 1.54) is 30.6 Å². The second-order valence-corrected chi connectivity index (χ2v) is 5.78. The van der Waals surface area contributed by atoms with Crippen molar-refractivity contribution in [1.82, 2.24) is 0 Å². The minimum Gasteiger partial charge on any atom is -0.327 e. The number of amides is 1. The molecule has 1 aromatic carbocycles. The summed E-state index contributed by atoms with van der Waals surface area (Å²) in [5.41, 5.74) is 1.87. The molecule has 0 bridgehead atoms. The Balaban J connectivity index is 1.89. The van der Waals surface area contributed by atoms with Crippen molar-refractivity contribution in [3.8, 4) is 0 Å². The Morgan fingerprint density at radius 3 is 2.58 bits per heavy atom. The Morgan fingerprint density at radius 1 is 1.26 bits per heavy atom. The van der Waals surface area contributed by atoms with Crippen LogP contribution in [0.1, 0.15) is 31.2 Å². The van der Waals surface area contributed by atoms with Gasteiger partial charge in [-0.25, -0.2) is 0 Å². The van der Waals surface area contributed by atoms with Gasteiger partial charge in [0.1, 0.15) is 0 Å². The molecule has 19 heavy (non-hydrogen) atoms. The van der Waals surface area contributed by atoms with Crippen molar-refractivity contribution in [2.45, 2.75) is 32.6 Å². The molecule has 1 aliphatic heterocycles. The van der Waals surface area contributed by atoms with E-state index in [9.17, 15) is 4.79 Å². The van der Waals surface area contributed by atoms with E-state index < -0.39 is 0 Å². The van der Waals surface area contributed by atoms with Crippen LogP contribution in [-0.4, -0.2) is 25.5 Å². The molecule has 104 valence electrons. The predicted octanol–water partition coefficient (Wildman–Crippen LogP) is 2.05. The van der Waals surface area contributed by atoms with Gasteiger partial charge in [0, 0.05) is 10.7 Å². The van der Waals surface area contributed by atoms with E-state index in [4.69, 9.17) is 11.6 Å². The average molecular weight is 282 g/mol. The van der Waals surface area contributed by atoms with Crippen molar-refractivity contribution < 1.29 is 9.69 Å². The molecular weight excluding hydrogens is 260 g/mol. The van der Waals surface area contributed by atoms with Crippen molar-refractivity contribution in [2.75, 3.05) is 25.0 Å². The predicted molar refractivity (Wildman–Crippen MR) is 78.9 cm³/mol. The molecule has 1 heterocycles. The number of nitrogens with one attached hydrogen (secondary N) is 2. The first-order valence-electron chi connectivity index (χ1n) is 7.05. The number of hydrogen-bond acceptors (Lipinski definition) is 1. The molecule has 0 unspecified atom stereocenters. The first-order chi connectivity index (χ1) is 9.15. The molecule has 1 saturated heterocycles. The molecule has 4 heteroatoms. The molecule has 0 spiro atoms. The van der Waals surface area contributed by atoms with Crippen LogP contribution in [0, 0.1) is 6.92 Å². The molecule has 0 atom stereocenters. The number of benzene rings is 1. The highest BCUT2D eigenvalue weighted by Crippen LogP contribution is 2.19. The highest BCUT2D eigenvalue weighted by molar-refractivity contribution is 6.30. The van der Waals surface area contributed by atoms with Crippen molar-refractivity contribution in [3.05, 3.63) is 28.8 Å². The van der Waals surface area contributed by atoms with Crippen LogP contribution in [0.5, 0.6) is 0 Å². The standard InChI is InChI=1S/C15H21ClN2O/c1-12-10-13(16)6-7-14(12)17-15(19)11-18-8-4-2-3-5-9-18/h6-7,10H,2-5,8-9,11H2,1H3,(H,17,19)/p+1. The lowest BCUT2D eigenvalue weighted by Gasteiger charge is -2.17. The Bertz CT molecular complexity index is 440. The molecule has 1 aromatic rings. The van der Waals surface area contributed by atoms with Crippen LogP contribution >= 0.6 is 11.6 Å². The largest absolute Gasteiger partial charge is 0.327 e. The number of hydrogen-bond donors (Lipinski definition) is 2. The maximum atomic E-state index is 12.1. The summed E-state index contributed by atoms with van der Waals surface area (Å²) in [4.78, 5) is 13.5. The van der Waals surface area contributed by atoms with Gasteiger partial charge in [0.2, 0.25) is 0 Å². The number of halogens is 1. The van der Waals surface area contributed by atoms with Crippen LogP contribution in [0.15, 0.2) is 18.2 Å². The van der Waals surface area contributed by atoms with Gasteiger partial charge < -0.3 is 10.2 Å². The molecule has 1 aliphatic rings. The quantitative estimate of drug-likeness (QED) is 0.874. The lowest BCUT2D eigenvalue weighted by molar-refractivity contribution is -0.890. The van der Waals surface area contributed by atoms with E-state index in [0.717, 1.165) is 24.3 Å². The van der Waals surface area contributed by atoms with Crippen LogP contribution in [0.2, 0.25) is 5.02 Å². The Kier molecular flexibility index (Phi) is 5.23. The fourth-order valence-corrected chi connectivity index (χ4v) is 2.82. The first kappa shape index (κ1) is 14.4. The van der Waals surface area contributed by atoms with Gasteiger partial charge in [-0.1, -0.05) is 11.6 Å². The summed E-state index contributed by atoms with van der Waals surface area (Å²) in [6, 6.07) is 5.55. The first-order valence-corrected chi connectivity index (χ1v) is 7.42. The molecule has 0 radical (unpaired) electrons. The van der Waals surface area contributed by atoms with E-state index in [-0.39, 0.29) is 5.91 Å². The fraction of sp³-hybridized carbons (Fsp3) is 0.533. The minimum absolute atomic E-state index is 0.0994. The molecule has 0 aliphatic carbocycles. The number of aryl methyl sites for hydroxylation is 1. The SMILES string of the molecule is Cc1cc(Cl)ccc1NC(=O)C[NH+]1CCCCCC1. The minimum atomic E-state index is 0.0994. The Morgan fingerprint density at radius 2 is 1.95 bits per heavy atom. The van der Waals surface area contributed by atoms with E-state index in [1.807, 2.05) is 25.1 Å². The van der Waals surface area contributed by atoms with E-state index in [1.54, 1.807) is 0 Å². The van der Waals surface area contributed by atoms with Crippen molar-refractivity contribution in [2.24, 2.45) is 0 Å². The van der Waals surface area contributed by atoms with Crippen LogP contribution in [0.25, 0.3) is 0 Å². The number of quaternary nitrogens is 1. The van der Waals surface area contributed by atoms with E-state index >= 15 is 0 Å². The molecule has 2 N–H and O–H groups in total. The Hall–Kier alpha value is -1.06. The summed E-state index contributed by atoms with van der Waals surface area (Å²) in [7, 11) is 0. The molecule has 0 aromatic heterocycles. The number of carbonyl (C=O) groups is 1. The summed E-state index contributed by atoms with van der Waals surface area (Å²) in [5, 5.41) is 3.69. The molecule has 1 fully saturated rings. The van der Waals surface area contributed by atoms with Crippen LogP contribution in [-0.2, 0) is 4.79 Å². The molecule has 2 rings (SSSR count). The van der Waals surface area contributed by atoms with Gasteiger partial charge in [-0.15, -0.1) is 0 Å².